The Morgan fingerprint density at radius 3 is 2.56 bits per heavy atom. The molecule has 0 aromatic heterocycles. The average Bonchev–Trinajstić information content (AvgIpc) is 1.60. The molecule has 0 saturated carbocycles. The second-order valence-corrected chi connectivity index (χ2v) is 2.67. The van der Waals surface area contributed by atoms with Crippen molar-refractivity contribution in [2.45, 2.75) is 19.4 Å². The van der Waals surface area contributed by atoms with Crippen molar-refractivity contribution in [3.8, 4) is 0 Å². The Labute approximate surface area is 55.0 Å². The third-order valence-electron chi connectivity index (χ3n) is 1.15. The number of hydrogen-bond acceptors (Lipinski definition) is 2. The third kappa shape index (κ3) is 1.49. The Morgan fingerprint density at radius 1 is 1.56 bits per heavy atom. The van der Waals surface area contributed by atoms with Crippen molar-refractivity contribution in [2.75, 3.05) is 0 Å². The summed E-state index contributed by atoms with van der Waals surface area (Å²) in [5, 5.41) is 0. The van der Waals surface area contributed by atoms with Crippen molar-refractivity contribution in [3.05, 3.63) is 24.1 Å². The Balaban J connectivity index is 2.78. The number of ether oxygens (including phenoxy) is 1. The zero-order valence-electron chi connectivity index (χ0n) is 5.72. The van der Waals surface area contributed by atoms with Crippen LogP contribution in [0.1, 0.15) is 13.8 Å². The summed E-state index contributed by atoms with van der Waals surface area (Å²) in [5.74, 6) is 0. The van der Waals surface area contributed by atoms with E-state index in [4.69, 9.17) is 10.5 Å². The summed E-state index contributed by atoms with van der Waals surface area (Å²) in [5.41, 5.74) is 6.05. The number of nitrogens with two attached hydrogens (primary N) is 1. The topological polar surface area (TPSA) is 35.2 Å². The smallest absolute Gasteiger partial charge is 0.123 e. The van der Waals surface area contributed by atoms with Crippen LogP contribution in [0.4, 0.5) is 0 Å². The molecule has 0 aromatic carbocycles. The fourth-order valence-corrected chi connectivity index (χ4v) is 0.771. The van der Waals surface area contributed by atoms with E-state index in [1.165, 1.54) is 0 Å². The first-order valence-corrected chi connectivity index (χ1v) is 2.93. The molecule has 9 heavy (non-hydrogen) atoms. The van der Waals surface area contributed by atoms with Crippen LogP contribution in [0.5, 0.6) is 0 Å². The van der Waals surface area contributed by atoms with Gasteiger partial charge in [-0.25, -0.2) is 0 Å². The monoisotopic (exact) mass is 125 g/mol. The van der Waals surface area contributed by atoms with E-state index < -0.39 is 0 Å². The Bertz CT molecular complexity index is 168. The van der Waals surface area contributed by atoms with Crippen LogP contribution in [0.3, 0.4) is 0 Å². The number of rotatable bonds is 0. The minimum absolute atomic E-state index is 0.223. The molecule has 0 amide bonds. The van der Waals surface area contributed by atoms with E-state index in [1.807, 2.05) is 19.9 Å². The van der Waals surface area contributed by atoms with Crippen molar-refractivity contribution < 1.29 is 4.74 Å². The van der Waals surface area contributed by atoms with Crippen LogP contribution in [0, 0.1) is 0 Å². The van der Waals surface area contributed by atoms with Gasteiger partial charge in [0.15, 0.2) is 0 Å². The van der Waals surface area contributed by atoms with Crippen molar-refractivity contribution in [2.24, 2.45) is 5.73 Å². The largest absolute Gasteiger partial charge is 0.491 e. The fourth-order valence-electron chi connectivity index (χ4n) is 0.771. The van der Waals surface area contributed by atoms with E-state index in [-0.39, 0.29) is 5.60 Å². The zero-order valence-corrected chi connectivity index (χ0v) is 5.72. The first-order chi connectivity index (χ1) is 4.10. The molecule has 0 saturated heterocycles. The van der Waals surface area contributed by atoms with Gasteiger partial charge in [0.05, 0.1) is 6.26 Å². The lowest BCUT2D eigenvalue weighted by molar-refractivity contribution is 0.100. The van der Waals surface area contributed by atoms with Crippen LogP contribution in [0.2, 0.25) is 0 Å². The summed E-state index contributed by atoms with van der Waals surface area (Å²) in [4.78, 5) is 0. The predicted octanol–water partition coefficient (Wildman–Crippen LogP) is 1.15. The van der Waals surface area contributed by atoms with E-state index in [0.717, 1.165) is 5.70 Å². The molecule has 0 aliphatic carbocycles. The molecule has 0 fully saturated rings. The van der Waals surface area contributed by atoms with Gasteiger partial charge in [0, 0.05) is 5.70 Å². The van der Waals surface area contributed by atoms with Gasteiger partial charge in [-0.05, 0) is 26.0 Å². The van der Waals surface area contributed by atoms with Gasteiger partial charge >= 0.3 is 0 Å². The molecule has 2 heteroatoms. The maximum Gasteiger partial charge on any atom is 0.123 e. The number of hydrogen-bond donors (Lipinski definition) is 1. The van der Waals surface area contributed by atoms with Crippen LogP contribution >= 0.6 is 0 Å². The van der Waals surface area contributed by atoms with Gasteiger partial charge in [-0.3, -0.25) is 0 Å². The van der Waals surface area contributed by atoms with Crippen LogP contribution in [0.25, 0.3) is 0 Å². The van der Waals surface area contributed by atoms with Crippen molar-refractivity contribution in [1.82, 2.24) is 0 Å². The lowest BCUT2D eigenvalue weighted by Crippen LogP contribution is -2.22. The quantitative estimate of drug-likeness (QED) is 0.527. The summed E-state index contributed by atoms with van der Waals surface area (Å²) < 4.78 is 5.20. The molecule has 0 atom stereocenters. The average molecular weight is 125 g/mol. The molecule has 1 heterocycles. The standard InChI is InChI=1S/C7H11NO/c1-7(2)5-6(8)3-4-9-7/h3-5H,8H2,1-2H3. The third-order valence-corrected chi connectivity index (χ3v) is 1.15. The summed E-state index contributed by atoms with van der Waals surface area (Å²) in [6.07, 6.45) is 5.24. The highest BCUT2D eigenvalue weighted by molar-refractivity contribution is 5.20. The normalized spacial score (nSPS) is 22.7. The SMILES string of the molecule is CC1(C)C=C(N)C=CO1. The molecule has 2 nitrogen and oxygen atoms in total. The van der Waals surface area contributed by atoms with Gasteiger partial charge in [-0.1, -0.05) is 0 Å². The summed E-state index contributed by atoms with van der Waals surface area (Å²) >= 11 is 0. The minimum atomic E-state index is -0.223. The van der Waals surface area contributed by atoms with Crippen LogP contribution in [-0.2, 0) is 4.74 Å². The maximum absolute atomic E-state index is 5.50. The lowest BCUT2D eigenvalue weighted by Gasteiger charge is -2.23. The highest BCUT2D eigenvalue weighted by Crippen LogP contribution is 2.16. The van der Waals surface area contributed by atoms with Gasteiger partial charge in [-0.2, -0.15) is 0 Å². The molecule has 2 N–H and O–H groups in total. The fraction of sp³-hybridized carbons (Fsp3) is 0.429. The van der Waals surface area contributed by atoms with Crippen LogP contribution < -0.4 is 5.73 Å². The van der Waals surface area contributed by atoms with Crippen LogP contribution in [-0.4, -0.2) is 5.60 Å². The van der Waals surface area contributed by atoms with E-state index in [2.05, 4.69) is 0 Å². The highest BCUT2D eigenvalue weighted by Gasteiger charge is 2.16. The molecule has 1 rings (SSSR count). The molecular weight excluding hydrogens is 114 g/mol. The Kier molecular flexibility index (Phi) is 1.24. The molecule has 50 valence electrons. The van der Waals surface area contributed by atoms with Crippen molar-refractivity contribution in [3.63, 3.8) is 0 Å². The second kappa shape index (κ2) is 1.79. The first-order valence-electron chi connectivity index (χ1n) is 2.93. The molecule has 0 radical (unpaired) electrons. The summed E-state index contributed by atoms with van der Waals surface area (Å²) in [6, 6.07) is 0. The van der Waals surface area contributed by atoms with E-state index in [1.54, 1.807) is 12.3 Å². The molecule has 0 aromatic rings. The molecular formula is C7H11NO. The zero-order chi connectivity index (χ0) is 6.91. The maximum atomic E-state index is 5.50. The predicted molar refractivity (Wildman–Crippen MR) is 36.6 cm³/mol. The van der Waals surface area contributed by atoms with Gasteiger partial charge < -0.3 is 10.5 Å². The Morgan fingerprint density at radius 2 is 2.22 bits per heavy atom. The second-order valence-electron chi connectivity index (χ2n) is 2.67. The van der Waals surface area contributed by atoms with Gasteiger partial charge in [0.1, 0.15) is 5.60 Å². The van der Waals surface area contributed by atoms with Gasteiger partial charge in [-0.15, -0.1) is 0 Å². The summed E-state index contributed by atoms with van der Waals surface area (Å²) in [6.45, 7) is 3.92. The summed E-state index contributed by atoms with van der Waals surface area (Å²) in [7, 11) is 0. The van der Waals surface area contributed by atoms with Crippen LogP contribution in [0.15, 0.2) is 24.1 Å². The van der Waals surface area contributed by atoms with E-state index in [0.29, 0.717) is 0 Å². The minimum Gasteiger partial charge on any atom is -0.491 e. The van der Waals surface area contributed by atoms with Crippen molar-refractivity contribution in [1.29, 1.82) is 0 Å². The van der Waals surface area contributed by atoms with Gasteiger partial charge in [0.2, 0.25) is 0 Å². The van der Waals surface area contributed by atoms with E-state index in [9.17, 15) is 0 Å². The lowest BCUT2D eigenvalue weighted by atomic mass is 10.1. The van der Waals surface area contributed by atoms with Gasteiger partial charge in [0.25, 0.3) is 0 Å². The van der Waals surface area contributed by atoms with Crippen molar-refractivity contribution >= 4 is 0 Å². The molecule has 0 unspecified atom stereocenters. The number of allylic oxidation sites excluding steroid dienone is 1. The molecule has 1 aliphatic heterocycles. The molecule has 0 spiro atoms. The molecule has 1 aliphatic rings. The van der Waals surface area contributed by atoms with E-state index >= 15 is 0 Å². The first kappa shape index (κ1) is 6.20. The highest BCUT2D eigenvalue weighted by atomic mass is 16.5. The Hall–Kier alpha value is -0.920. The molecule has 0 bridgehead atoms.